The molecule has 2 rings (SSSR count). The van der Waals surface area contributed by atoms with Crippen molar-refractivity contribution in [2.45, 2.75) is 6.92 Å². The summed E-state index contributed by atoms with van der Waals surface area (Å²) in [6, 6.07) is 9.81. The predicted octanol–water partition coefficient (Wildman–Crippen LogP) is 2.36. The normalized spacial score (nSPS) is 9.93. The van der Waals surface area contributed by atoms with Gasteiger partial charge in [0, 0.05) is 30.4 Å². The van der Waals surface area contributed by atoms with Gasteiger partial charge in [0.1, 0.15) is 0 Å². The van der Waals surface area contributed by atoms with Crippen LogP contribution in [0.5, 0.6) is 5.75 Å². The number of benzene rings is 2. The number of rotatable bonds is 7. The molecule has 0 aliphatic carbocycles. The fraction of sp³-hybridized carbons (Fsp3) is 0.167. The summed E-state index contributed by atoms with van der Waals surface area (Å²) in [5.74, 6) is -1.71. The van der Waals surface area contributed by atoms with E-state index < -0.39 is 23.4 Å². The number of nitrogens with one attached hydrogen (secondary N) is 2. The van der Waals surface area contributed by atoms with E-state index in [9.17, 15) is 24.5 Å². The number of ether oxygens (including phenoxy) is 2. The number of hydrogen-bond acceptors (Lipinski definition) is 7. The molecule has 0 bridgehead atoms. The second-order valence-electron chi connectivity index (χ2n) is 5.53. The van der Waals surface area contributed by atoms with Crippen LogP contribution in [0.15, 0.2) is 42.5 Å². The van der Waals surface area contributed by atoms with Crippen molar-refractivity contribution >= 4 is 34.8 Å². The maximum atomic E-state index is 12.0. The van der Waals surface area contributed by atoms with E-state index in [1.54, 1.807) is 24.3 Å². The third-order valence-electron chi connectivity index (χ3n) is 3.43. The van der Waals surface area contributed by atoms with Crippen molar-refractivity contribution in [2.75, 3.05) is 24.4 Å². The van der Waals surface area contributed by atoms with Gasteiger partial charge in [0.2, 0.25) is 5.91 Å². The molecular weight excluding hydrogens is 370 g/mol. The number of methoxy groups -OCH3 is 1. The minimum absolute atomic E-state index is 0.0528. The Labute approximate surface area is 159 Å². The van der Waals surface area contributed by atoms with Crippen LogP contribution < -0.4 is 15.4 Å². The van der Waals surface area contributed by atoms with Crippen LogP contribution in [0.4, 0.5) is 17.1 Å². The molecule has 0 unspecified atom stereocenters. The number of carbonyl (C=O) groups excluding carboxylic acids is 3. The highest BCUT2D eigenvalue weighted by Crippen LogP contribution is 2.28. The van der Waals surface area contributed by atoms with Crippen molar-refractivity contribution in [1.82, 2.24) is 0 Å². The summed E-state index contributed by atoms with van der Waals surface area (Å²) in [6.07, 6.45) is 0. The topological polar surface area (TPSA) is 137 Å². The molecule has 0 aromatic heterocycles. The van der Waals surface area contributed by atoms with Crippen LogP contribution in [0, 0.1) is 10.1 Å². The van der Waals surface area contributed by atoms with Crippen molar-refractivity contribution in [3.8, 4) is 5.75 Å². The lowest BCUT2D eigenvalue weighted by Gasteiger charge is -2.09. The second kappa shape index (κ2) is 9.12. The fourth-order valence-electron chi connectivity index (χ4n) is 2.21. The van der Waals surface area contributed by atoms with Gasteiger partial charge < -0.3 is 20.1 Å². The Morgan fingerprint density at radius 3 is 2.18 bits per heavy atom. The Balaban J connectivity index is 2.04. The van der Waals surface area contributed by atoms with Gasteiger partial charge in [0.15, 0.2) is 12.4 Å². The highest BCUT2D eigenvalue weighted by atomic mass is 16.6. The Kier molecular flexibility index (Phi) is 6.63. The highest BCUT2D eigenvalue weighted by Gasteiger charge is 2.19. The summed E-state index contributed by atoms with van der Waals surface area (Å²) in [6.45, 7) is 0.861. The first-order chi connectivity index (χ1) is 13.3. The molecular formula is C18H17N3O7. The smallest absolute Gasteiger partial charge is 0.337 e. The summed E-state index contributed by atoms with van der Waals surface area (Å²) in [4.78, 5) is 45.0. The van der Waals surface area contributed by atoms with E-state index in [4.69, 9.17) is 4.74 Å². The molecule has 10 nitrogen and oxygen atoms in total. The standard InChI is InChI=1S/C18H17N3O7/c1-11(22)19-13-4-6-14(7-5-13)20-17(23)10-28-16-9-12(18(24)27-2)3-8-15(16)21(25)26/h3-9H,10H2,1-2H3,(H,19,22)(H,20,23). The molecule has 2 aromatic carbocycles. The molecule has 0 heterocycles. The first-order valence-electron chi connectivity index (χ1n) is 7.97. The van der Waals surface area contributed by atoms with Crippen LogP contribution in [0.1, 0.15) is 17.3 Å². The van der Waals surface area contributed by atoms with Crippen LogP contribution in [-0.4, -0.2) is 36.4 Å². The van der Waals surface area contributed by atoms with E-state index in [-0.39, 0.29) is 22.9 Å². The van der Waals surface area contributed by atoms with Crippen molar-refractivity contribution in [3.63, 3.8) is 0 Å². The van der Waals surface area contributed by atoms with Gasteiger partial charge in [-0.1, -0.05) is 0 Å². The van der Waals surface area contributed by atoms with Gasteiger partial charge in [-0.25, -0.2) is 4.79 Å². The molecule has 2 amide bonds. The second-order valence-corrected chi connectivity index (χ2v) is 5.53. The predicted molar refractivity (Wildman–Crippen MR) is 99.3 cm³/mol. The van der Waals surface area contributed by atoms with Crippen LogP contribution in [0.3, 0.4) is 0 Å². The van der Waals surface area contributed by atoms with E-state index >= 15 is 0 Å². The average molecular weight is 387 g/mol. The van der Waals surface area contributed by atoms with Crippen LogP contribution in [0.2, 0.25) is 0 Å². The van der Waals surface area contributed by atoms with Gasteiger partial charge in [0.25, 0.3) is 5.91 Å². The third kappa shape index (κ3) is 5.53. The summed E-state index contributed by atoms with van der Waals surface area (Å²) in [5.41, 5.74) is 0.676. The summed E-state index contributed by atoms with van der Waals surface area (Å²) >= 11 is 0. The van der Waals surface area contributed by atoms with Gasteiger partial charge in [-0.05, 0) is 30.3 Å². The zero-order valence-corrected chi connectivity index (χ0v) is 15.1. The largest absolute Gasteiger partial charge is 0.477 e. The number of nitro benzene ring substituents is 1. The van der Waals surface area contributed by atoms with E-state index in [1.807, 2.05) is 0 Å². The molecule has 0 saturated heterocycles. The van der Waals surface area contributed by atoms with Crippen LogP contribution in [0.25, 0.3) is 0 Å². The number of hydrogen-bond donors (Lipinski definition) is 2. The number of anilines is 2. The highest BCUT2D eigenvalue weighted by molar-refractivity contribution is 5.93. The number of nitro groups is 1. The van der Waals surface area contributed by atoms with Gasteiger partial charge >= 0.3 is 11.7 Å². The molecule has 0 fully saturated rings. The molecule has 0 aliphatic heterocycles. The van der Waals surface area contributed by atoms with E-state index in [0.717, 1.165) is 12.1 Å². The fourth-order valence-corrected chi connectivity index (χ4v) is 2.21. The first kappa shape index (κ1) is 20.4. The van der Waals surface area contributed by atoms with Gasteiger partial charge in [-0.2, -0.15) is 0 Å². The third-order valence-corrected chi connectivity index (χ3v) is 3.43. The maximum absolute atomic E-state index is 12.0. The summed E-state index contributed by atoms with van der Waals surface area (Å²) < 4.78 is 9.79. The zero-order valence-electron chi connectivity index (χ0n) is 15.1. The Bertz CT molecular complexity index is 910. The SMILES string of the molecule is COC(=O)c1ccc([N+](=O)[O-])c(OCC(=O)Nc2ccc(NC(C)=O)cc2)c1. The van der Waals surface area contributed by atoms with Gasteiger partial charge in [-0.3, -0.25) is 19.7 Å². The van der Waals surface area contributed by atoms with Crippen LogP contribution >= 0.6 is 0 Å². The van der Waals surface area contributed by atoms with E-state index in [2.05, 4.69) is 15.4 Å². The monoisotopic (exact) mass is 387 g/mol. The van der Waals surface area contributed by atoms with Gasteiger partial charge in [0.05, 0.1) is 17.6 Å². The number of amides is 2. The van der Waals surface area contributed by atoms with E-state index in [0.29, 0.717) is 11.4 Å². The zero-order chi connectivity index (χ0) is 20.7. The van der Waals surface area contributed by atoms with Crippen molar-refractivity contribution in [1.29, 1.82) is 0 Å². The Morgan fingerprint density at radius 1 is 1.04 bits per heavy atom. The Morgan fingerprint density at radius 2 is 1.64 bits per heavy atom. The molecule has 2 aromatic rings. The lowest BCUT2D eigenvalue weighted by molar-refractivity contribution is -0.385. The Hall–Kier alpha value is -3.95. The number of carbonyl (C=O) groups is 3. The number of esters is 1. The molecule has 0 saturated carbocycles. The van der Waals surface area contributed by atoms with Crippen LogP contribution in [-0.2, 0) is 14.3 Å². The minimum Gasteiger partial charge on any atom is -0.477 e. The molecule has 0 spiro atoms. The minimum atomic E-state index is -0.691. The van der Waals surface area contributed by atoms with Crippen molar-refractivity contribution in [3.05, 3.63) is 58.1 Å². The first-order valence-corrected chi connectivity index (χ1v) is 7.97. The molecule has 10 heteroatoms. The molecule has 146 valence electrons. The lowest BCUT2D eigenvalue weighted by Crippen LogP contribution is -2.20. The van der Waals surface area contributed by atoms with Gasteiger partial charge in [-0.15, -0.1) is 0 Å². The van der Waals surface area contributed by atoms with Crippen molar-refractivity contribution < 1.29 is 28.8 Å². The summed E-state index contributed by atoms with van der Waals surface area (Å²) in [7, 11) is 1.18. The average Bonchev–Trinajstić information content (AvgIpc) is 2.66. The molecule has 28 heavy (non-hydrogen) atoms. The molecule has 2 N–H and O–H groups in total. The molecule has 0 radical (unpaired) electrons. The van der Waals surface area contributed by atoms with E-state index in [1.165, 1.54) is 20.1 Å². The maximum Gasteiger partial charge on any atom is 0.337 e. The quantitative estimate of drug-likeness (QED) is 0.423. The molecule has 0 aliphatic rings. The number of nitrogens with zero attached hydrogens (tertiary/aromatic N) is 1. The molecule has 0 atom stereocenters. The van der Waals surface area contributed by atoms with Crippen molar-refractivity contribution in [2.24, 2.45) is 0 Å². The summed E-state index contributed by atoms with van der Waals surface area (Å²) in [5, 5.41) is 16.2. The lowest BCUT2D eigenvalue weighted by atomic mass is 10.2.